The largest absolute Gasteiger partial charge is 0.493 e. The van der Waals surface area contributed by atoms with E-state index in [1.165, 1.54) is 33.5 Å². The molecule has 27 heavy (non-hydrogen) atoms. The highest BCUT2D eigenvalue weighted by Crippen LogP contribution is 2.38. The summed E-state index contributed by atoms with van der Waals surface area (Å²) in [7, 11) is 4.51. The topological polar surface area (TPSA) is 71.1 Å². The van der Waals surface area contributed by atoms with Crippen LogP contribution in [0, 0.1) is 0 Å². The van der Waals surface area contributed by atoms with E-state index >= 15 is 0 Å². The van der Waals surface area contributed by atoms with Gasteiger partial charge in [-0.25, -0.2) is 4.79 Å². The van der Waals surface area contributed by atoms with E-state index in [1.54, 1.807) is 36.4 Å². The van der Waals surface area contributed by atoms with Gasteiger partial charge in [-0.2, -0.15) is 0 Å². The number of ketones is 1. The first-order valence-corrected chi connectivity index (χ1v) is 8.30. The maximum absolute atomic E-state index is 12.0. The summed E-state index contributed by atoms with van der Waals surface area (Å²) in [5.74, 6) is 0.408. The Morgan fingerprint density at radius 1 is 0.963 bits per heavy atom. The predicted molar refractivity (Wildman–Crippen MR) is 102 cm³/mol. The molecule has 0 N–H and O–H groups in total. The summed E-state index contributed by atoms with van der Waals surface area (Å²) in [6.45, 7) is -0.361. The lowest BCUT2D eigenvalue weighted by Gasteiger charge is -2.12. The molecule has 0 aliphatic heterocycles. The molecule has 6 nitrogen and oxygen atoms in total. The van der Waals surface area contributed by atoms with Crippen LogP contribution in [0.2, 0.25) is 5.02 Å². The van der Waals surface area contributed by atoms with Gasteiger partial charge < -0.3 is 18.9 Å². The molecule has 0 spiro atoms. The Morgan fingerprint density at radius 2 is 1.56 bits per heavy atom. The SMILES string of the molecule is COc1cc(/C=C/C(=O)OCC(=O)c2ccc(Cl)cc2)cc(OC)c1OC. The van der Waals surface area contributed by atoms with Crippen LogP contribution in [-0.4, -0.2) is 39.7 Å². The average Bonchev–Trinajstić information content (AvgIpc) is 2.69. The van der Waals surface area contributed by atoms with Crippen molar-refractivity contribution >= 4 is 29.4 Å². The first-order chi connectivity index (χ1) is 13.0. The van der Waals surface area contributed by atoms with Crippen molar-refractivity contribution in [3.63, 3.8) is 0 Å². The van der Waals surface area contributed by atoms with Gasteiger partial charge in [-0.05, 0) is 48.0 Å². The summed E-state index contributed by atoms with van der Waals surface area (Å²) < 4.78 is 20.7. The third kappa shape index (κ3) is 5.49. The van der Waals surface area contributed by atoms with E-state index in [0.29, 0.717) is 33.4 Å². The first-order valence-electron chi connectivity index (χ1n) is 7.92. The number of ether oxygens (including phenoxy) is 4. The Bertz CT molecular complexity index is 817. The molecule has 0 aromatic heterocycles. The molecular weight excluding hydrogens is 372 g/mol. The Morgan fingerprint density at radius 3 is 2.07 bits per heavy atom. The van der Waals surface area contributed by atoms with E-state index in [0.717, 1.165) is 0 Å². The Balaban J connectivity index is 2.01. The maximum Gasteiger partial charge on any atom is 0.331 e. The monoisotopic (exact) mass is 390 g/mol. The van der Waals surface area contributed by atoms with Gasteiger partial charge in [0.05, 0.1) is 21.3 Å². The molecule has 0 atom stereocenters. The van der Waals surface area contributed by atoms with E-state index in [-0.39, 0.29) is 12.4 Å². The summed E-state index contributed by atoms with van der Waals surface area (Å²) >= 11 is 5.77. The van der Waals surface area contributed by atoms with E-state index in [4.69, 9.17) is 30.5 Å². The van der Waals surface area contributed by atoms with E-state index < -0.39 is 5.97 Å². The molecule has 0 aliphatic carbocycles. The van der Waals surface area contributed by atoms with Crippen molar-refractivity contribution in [2.45, 2.75) is 0 Å². The number of esters is 1. The van der Waals surface area contributed by atoms with Gasteiger partial charge in [0.1, 0.15) is 0 Å². The number of benzene rings is 2. The van der Waals surface area contributed by atoms with Gasteiger partial charge in [0, 0.05) is 16.7 Å². The Kier molecular flexibility index (Phi) is 7.25. The fourth-order valence-electron chi connectivity index (χ4n) is 2.27. The van der Waals surface area contributed by atoms with Gasteiger partial charge in [0.15, 0.2) is 23.9 Å². The van der Waals surface area contributed by atoms with Gasteiger partial charge in [0.2, 0.25) is 5.75 Å². The minimum absolute atomic E-state index is 0.318. The number of hydrogen-bond acceptors (Lipinski definition) is 6. The smallest absolute Gasteiger partial charge is 0.331 e. The van der Waals surface area contributed by atoms with Gasteiger partial charge in [-0.3, -0.25) is 4.79 Å². The molecule has 2 aromatic carbocycles. The number of halogens is 1. The molecule has 0 unspecified atom stereocenters. The molecule has 0 heterocycles. The molecule has 0 amide bonds. The molecule has 2 rings (SSSR count). The second kappa shape index (κ2) is 9.64. The quantitative estimate of drug-likeness (QED) is 0.388. The normalized spacial score (nSPS) is 10.5. The molecule has 7 heteroatoms. The number of Topliss-reactive ketones (excluding diaryl/α,β-unsaturated/α-hetero) is 1. The molecule has 142 valence electrons. The van der Waals surface area contributed by atoms with Crippen molar-refractivity contribution in [1.29, 1.82) is 0 Å². The molecule has 0 saturated heterocycles. The van der Waals surface area contributed by atoms with Crippen LogP contribution in [0.4, 0.5) is 0 Å². The van der Waals surface area contributed by atoms with Crippen LogP contribution in [0.15, 0.2) is 42.5 Å². The van der Waals surface area contributed by atoms with Crippen molar-refractivity contribution in [3.05, 3.63) is 58.6 Å². The van der Waals surface area contributed by atoms with E-state index in [1.807, 2.05) is 0 Å². The fourth-order valence-corrected chi connectivity index (χ4v) is 2.39. The zero-order valence-corrected chi connectivity index (χ0v) is 15.9. The average molecular weight is 391 g/mol. The predicted octanol–water partition coefficient (Wildman–Crippen LogP) is 3.81. The molecule has 0 radical (unpaired) electrons. The second-order valence-electron chi connectivity index (χ2n) is 5.33. The number of methoxy groups -OCH3 is 3. The van der Waals surface area contributed by atoms with Crippen LogP contribution in [0.3, 0.4) is 0 Å². The molecule has 0 saturated carbocycles. The van der Waals surface area contributed by atoms with E-state index in [2.05, 4.69) is 0 Å². The minimum atomic E-state index is -0.647. The number of carbonyl (C=O) groups excluding carboxylic acids is 2. The summed E-state index contributed by atoms with van der Waals surface area (Å²) in [4.78, 5) is 23.8. The summed E-state index contributed by atoms with van der Waals surface area (Å²) in [5, 5.41) is 0.525. The standard InChI is InChI=1S/C20H19ClO6/c1-24-17-10-13(11-18(25-2)20(17)26-3)4-9-19(23)27-12-16(22)14-5-7-15(21)8-6-14/h4-11H,12H2,1-3H3/b9-4+. The molecule has 0 aliphatic rings. The number of hydrogen-bond donors (Lipinski definition) is 0. The van der Waals surface area contributed by atoms with Crippen molar-refractivity contribution in [1.82, 2.24) is 0 Å². The zero-order chi connectivity index (χ0) is 19.8. The van der Waals surface area contributed by atoms with Crippen molar-refractivity contribution in [2.75, 3.05) is 27.9 Å². The highest BCUT2D eigenvalue weighted by Gasteiger charge is 2.12. The molecular formula is C20H19ClO6. The zero-order valence-electron chi connectivity index (χ0n) is 15.2. The summed E-state index contributed by atoms with van der Waals surface area (Å²) in [6.07, 6.45) is 2.75. The lowest BCUT2D eigenvalue weighted by atomic mass is 10.1. The van der Waals surface area contributed by atoms with Crippen molar-refractivity contribution < 1.29 is 28.5 Å². The highest BCUT2D eigenvalue weighted by atomic mass is 35.5. The third-order valence-electron chi connectivity index (χ3n) is 3.61. The van der Waals surface area contributed by atoms with Crippen LogP contribution in [0.1, 0.15) is 15.9 Å². The van der Waals surface area contributed by atoms with Crippen LogP contribution >= 0.6 is 11.6 Å². The maximum atomic E-state index is 12.0. The lowest BCUT2D eigenvalue weighted by molar-refractivity contribution is -0.136. The third-order valence-corrected chi connectivity index (χ3v) is 3.86. The fraction of sp³-hybridized carbons (Fsp3) is 0.200. The van der Waals surface area contributed by atoms with Crippen LogP contribution in [0.5, 0.6) is 17.2 Å². The Labute approximate surface area is 162 Å². The molecule has 2 aromatic rings. The highest BCUT2D eigenvalue weighted by molar-refractivity contribution is 6.30. The van der Waals surface area contributed by atoms with Gasteiger partial charge in [-0.1, -0.05) is 11.6 Å². The first kappa shape index (κ1) is 20.3. The van der Waals surface area contributed by atoms with Crippen molar-refractivity contribution in [2.24, 2.45) is 0 Å². The molecule has 0 bridgehead atoms. The molecule has 0 fully saturated rings. The van der Waals surface area contributed by atoms with Gasteiger partial charge >= 0.3 is 5.97 Å². The number of carbonyl (C=O) groups is 2. The number of rotatable bonds is 8. The van der Waals surface area contributed by atoms with Gasteiger partial charge in [0.25, 0.3) is 0 Å². The summed E-state index contributed by atoms with van der Waals surface area (Å²) in [5.41, 5.74) is 1.06. The minimum Gasteiger partial charge on any atom is -0.493 e. The van der Waals surface area contributed by atoms with Crippen LogP contribution < -0.4 is 14.2 Å². The second-order valence-corrected chi connectivity index (χ2v) is 5.77. The van der Waals surface area contributed by atoms with Crippen molar-refractivity contribution in [3.8, 4) is 17.2 Å². The van der Waals surface area contributed by atoms with Gasteiger partial charge in [-0.15, -0.1) is 0 Å². The van der Waals surface area contributed by atoms with E-state index in [9.17, 15) is 9.59 Å². The summed E-state index contributed by atoms with van der Waals surface area (Å²) in [6, 6.07) is 9.71. The lowest BCUT2D eigenvalue weighted by Crippen LogP contribution is -2.12. The van der Waals surface area contributed by atoms with Crippen LogP contribution in [-0.2, 0) is 9.53 Å². The van der Waals surface area contributed by atoms with Crippen LogP contribution in [0.25, 0.3) is 6.08 Å². The Hall–Kier alpha value is -2.99.